The fourth-order valence-electron chi connectivity index (χ4n) is 0.576. The van der Waals surface area contributed by atoms with Gasteiger partial charge in [0.2, 0.25) is 6.29 Å². The summed E-state index contributed by atoms with van der Waals surface area (Å²) in [5.41, 5.74) is 0.339. The molecule has 0 fully saturated rings. The Morgan fingerprint density at radius 2 is 2.00 bits per heavy atom. The lowest BCUT2D eigenvalue weighted by atomic mass is 10.3. The van der Waals surface area contributed by atoms with Crippen LogP contribution in [0.5, 0.6) is 0 Å². The van der Waals surface area contributed by atoms with Crippen LogP contribution in [-0.2, 0) is 18.6 Å². The van der Waals surface area contributed by atoms with Crippen LogP contribution in [-0.4, -0.2) is 22.0 Å². The van der Waals surface area contributed by atoms with Crippen molar-refractivity contribution in [3.8, 4) is 0 Å². The van der Waals surface area contributed by atoms with Crippen molar-refractivity contribution in [2.75, 3.05) is 0 Å². The van der Waals surface area contributed by atoms with E-state index < -0.39 is 20.1 Å². The average Bonchev–Trinajstić information content (AvgIpc) is 1.99. The molecule has 0 aliphatic heterocycles. The maximum atomic E-state index is 11.0. The molecule has 0 radical (unpaired) electrons. The second kappa shape index (κ2) is 5.26. The third kappa shape index (κ3) is 5.88. The van der Waals surface area contributed by atoms with Crippen molar-refractivity contribution in [3.63, 3.8) is 0 Å². The van der Waals surface area contributed by atoms with Crippen molar-refractivity contribution in [3.05, 3.63) is 11.6 Å². The number of ether oxygens (including phenoxy) is 1. The highest BCUT2D eigenvalue weighted by Crippen LogP contribution is 2.37. The third-order valence-electron chi connectivity index (χ3n) is 1.31. The molecular formula is C7H13O6P. The monoisotopic (exact) mass is 224 g/mol. The van der Waals surface area contributed by atoms with Gasteiger partial charge in [0.25, 0.3) is 0 Å². The van der Waals surface area contributed by atoms with Gasteiger partial charge in [0.15, 0.2) is 0 Å². The third-order valence-corrected chi connectivity index (χ3v) is 1.89. The number of phosphoric ester groups is 1. The maximum Gasteiger partial charge on any atom is 0.472 e. The zero-order chi connectivity index (χ0) is 11.4. The molecule has 0 saturated carbocycles. The lowest BCUT2D eigenvalue weighted by molar-refractivity contribution is -0.157. The van der Waals surface area contributed by atoms with Crippen LogP contribution in [0.15, 0.2) is 11.6 Å². The van der Waals surface area contributed by atoms with E-state index in [-0.39, 0.29) is 0 Å². The first-order chi connectivity index (χ1) is 6.26. The van der Waals surface area contributed by atoms with E-state index in [0.29, 0.717) is 5.57 Å². The number of phosphoric acid groups is 1. The lowest BCUT2D eigenvalue weighted by Gasteiger charge is -2.14. The zero-order valence-corrected chi connectivity index (χ0v) is 9.02. The van der Waals surface area contributed by atoms with Gasteiger partial charge in [0.1, 0.15) is 0 Å². The van der Waals surface area contributed by atoms with E-state index in [1.165, 1.54) is 19.9 Å². The summed E-state index contributed by atoms with van der Waals surface area (Å²) in [6.45, 7) is 4.39. The Morgan fingerprint density at radius 3 is 2.36 bits per heavy atom. The smallest absolute Gasteiger partial charge is 0.432 e. The number of hydrogen-bond acceptors (Lipinski definition) is 4. The van der Waals surface area contributed by atoms with E-state index in [2.05, 4.69) is 9.26 Å². The van der Waals surface area contributed by atoms with Crippen molar-refractivity contribution >= 4 is 13.8 Å². The lowest BCUT2D eigenvalue weighted by Crippen LogP contribution is -2.17. The molecule has 0 aromatic carbocycles. The topological polar surface area (TPSA) is 93.1 Å². The SMILES string of the molecule is CC=C(C)C(=O)OC(C)OP(=O)(O)O. The minimum absolute atomic E-state index is 0.339. The molecule has 0 aromatic heterocycles. The summed E-state index contributed by atoms with van der Waals surface area (Å²) < 4.78 is 19.0. The predicted octanol–water partition coefficient (Wildman–Crippen LogP) is 0.951. The van der Waals surface area contributed by atoms with Gasteiger partial charge in [-0.05, 0) is 20.8 Å². The second-order valence-corrected chi connectivity index (χ2v) is 3.73. The van der Waals surface area contributed by atoms with Crippen molar-refractivity contribution in [2.24, 2.45) is 0 Å². The van der Waals surface area contributed by atoms with E-state index in [4.69, 9.17) is 9.79 Å². The van der Waals surface area contributed by atoms with Gasteiger partial charge in [0.05, 0.1) is 0 Å². The first kappa shape index (κ1) is 13.3. The molecule has 6 nitrogen and oxygen atoms in total. The fraction of sp³-hybridized carbons (Fsp3) is 0.571. The molecule has 0 bridgehead atoms. The molecule has 0 rings (SSSR count). The first-order valence-corrected chi connectivity index (χ1v) is 5.37. The Hall–Kier alpha value is -0.680. The Kier molecular flexibility index (Phi) is 5.01. The summed E-state index contributed by atoms with van der Waals surface area (Å²) >= 11 is 0. The summed E-state index contributed by atoms with van der Waals surface area (Å²) in [6.07, 6.45) is 0.241. The van der Waals surface area contributed by atoms with Crippen molar-refractivity contribution in [1.82, 2.24) is 0 Å². The van der Waals surface area contributed by atoms with E-state index in [1.807, 2.05) is 0 Å². The molecule has 0 saturated heterocycles. The number of hydrogen-bond donors (Lipinski definition) is 2. The molecule has 1 unspecified atom stereocenters. The molecule has 0 aromatic rings. The Morgan fingerprint density at radius 1 is 1.50 bits per heavy atom. The predicted molar refractivity (Wildman–Crippen MR) is 48.1 cm³/mol. The van der Waals surface area contributed by atoms with Crippen molar-refractivity contribution < 1.29 is 28.4 Å². The van der Waals surface area contributed by atoms with Gasteiger partial charge < -0.3 is 14.5 Å². The summed E-state index contributed by atoms with van der Waals surface area (Å²) in [5, 5.41) is 0. The molecule has 14 heavy (non-hydrogen) atoms. The maximum absolute atomic E-state index is 11.0. The van der Waals surface area contributed by atoms with Crippen LogP contribution < -0.4 is 0 Å². The van der Waals surface area contributed by atoms with E-state index >= 15 is 0 Å². The Labute approximate surface area is 81.8 Å². The molecule has 0 heterocycles. The molecule has 82 valence electrons. The summed E-state index contributed by atoms with van der Waals surface area (Å²) in [5.74, 6) is -0.673. The minimum atomic E-state index is -4.61. The molecule has 0 amide bonds. The number of esters is 1. The highest BCUT2D eigenvalue weighted by Gasteiger charge is 2.21. The van der Waals surface area contributed by atoms with Crippen molar-refractivity contribution in [2.45, 2.75) is 27.1 Å². The second-order valence-electron chi connectivity index (χ2n) is 2.54. The normalized spacial score (nSPS) is 15.1. The van der Waals surface area contributed by atoms with Crippen LogP contribution in [0.25, 0.3) is 0 Å². The standard InChI is InChI=1S/C7H13O6P/c1-4-5(2)7(8)12-6(3)13-14(9,10)11/h4,6H,1-3H3,(H2,9,10,11). The molecule has 0 spiro atoms. The van der Waals surface area contributed by atoms with Gasteiger partial charge in [-0.15, -0.1) is 0 Å². The number of carbonyl (C=O) groups excluding carboxylic acids is 1. The Bertz CT molecular complexity index is 278. The van der Waals surface area contributed by atoms with Gasteiger partial charge in [-0.25, -0.2) is 13.9 Å². The van der Waals surface area contributed by atoms with Crippen molar-refractivity contribution in [1.29, 1.82) is 0 Å². The molecular weight excluding hydrogens is 211 g/mol. The molecule has 2 N–H and O–H groups in total. The van der Waals surface area contributed by atoms with Crippen LogP contribution in [0.2, 0.25) is 0 Å². The van der Waals surface area contributed by atoms with E-state index in [0.717, 1.165) is 0 Å². The number of rotatable bonds is 4. The fourth-order valence-corrected chi connectivity index (χ4v) is 1.01. The van der Waals surface area contributed by atoms with Gasteiger partial charge in [-0.3, -0.25) is 0 Å². The van der Waals surface area contributed by atoms with Gasteiger partial charge in [-0.1, -0.05) is 6.08 Å². The molecule has 1 atom stereocenters. The van der Waals surface area contributed by atoms with Crippen LogP contribution in [0, 0.1) is 0 Å². The van der Waals surface area contributed by atoms with Gasteiger partial charge in [0, 0.05) is 5.57 Å². The minimum Gasteiger partial charge on any atom is -0.432 e. The largest absolute Gasteiger partial charge is 0.472 e. The molecule has 7 heteroatoms. The van der Waals surface area contributed by atoms with Gasteiger partial charge >= 0.3 is 13.8 Å². The van der Waals surface area contributed by atoms with Crippen LogP contribution in [0.4, 0.5) is 0 Å². The quantitative estimate of drug-likeness (QED) is 0.319. The summed E-state index contributed by atoms with van der Waals surface area (Å²) in [4.78, 5) is 27.8. The Balaban J connectivity index is 4.15. The summed E-state index contributed by atoms with van der Waals surface area (Å²) in [7, 11) is -4.61. The van der Waals surface area contributed by atoms with Crippen LogP contribution >= 0.6 is 7.82 Å². The average molecular weight is 224 g/mol. The molecule has 0 aliphatic rings. The molecule has 0 aliphatic carbocycles. The van der Waals surface area contributed by atoms with E-state index in [1.54, 1.807) is 6.92 Å². The number of carbonyl (C=O) groups is 1. The van der Waals surface area contributed by atoms with Crippen LogP contribution in [0.3, 0.4) is 0 Å². The van der Waals surface area contributed by atoms with Crippen LogP contribution in [0.1, 0.15) is 20.8 Å². The van der Waals surface area contributed by atoms with E-state index in [9.17, 15) is 9.36 Å². The van der Waals surface area contributed by atoms with Gasteiger partial charge in [-0.2, -0.15) is 0 Å². The highest BCUT2D eigenvalue weighted by atomic mass is 31.2. The highest BCUT2D eigenvalue weighted by molar-refractivity contribution is 7.46. The summed E-state index contributed by atoms with van der Waals surface area (Å²) in [6, 6.07) is 0. The zero-order valence-electron chi connectivity index (χ0n) is 8.13. The first-order valence-electron chi connectivity index (χ1n) is 3.84. The number of allylic oxidation sites excluding steroid dienone is 1.